The van der Waals surface area contributed by atoms with Crippen LogP contribution in [0.15, 0.2) is 41.2 Å². The molecule has 28 heavy (non-hydrogen) atoms. The lowest BCUT2D eigenvalue weighted by Crippen LogP contribution is -2.37. The molecule has 1 aliphatic heterocycles. The smallest absolute Gasteiger partial charge is 0.228 e. The predicted octanol–water partition coefficient (Wildman–Crippen LogP) is 2.57. The van der Waals surface area contributed by atoms with Crippen molar-refractivity contribution in [2.24, 2.45) is 0 Å². The molecule has 8 nitrogen and oxygen atoms in total. The van der Waals surface area contributed by atoms with Crippen molar-refractivity contribution in [1.82, 2.24) is 19.9 Å². The number of fused-ring (bicyclic) bond motifs is 1. The second kappa shape index (κ2) is 7.75. The van der Waals surface area contributed by atoms with Crippen molar-refractivity contribution in [3.8, 4) is 11.3 Å². The highest BCUT2D eigenvalue weighted by Gasteiger charge is 2.24. The quantitative estimate of drug-likeness (QED) is 0.653. The van der Waals surface area contributed by atoms with Gasteiger partial charge in [0.2, 0.25) is 5.91 Å². The number of Topliss-reactive ketones (excluding diaryl/α,β-unsaturated/α-hetero) is 1. The summed E-state index contributed by atoms with van der Waals surface area (Å²) in [6.45, 7) is 3.39. The molecule has 0 fully saturated rings. The molecular formula is C20H21N5O3. The summed E-state index contributed by atoms with van der Waals surface area (Å²) in [7, 11) is 0. The van der Waals surface area contributed by atoms with Gasteiger partial charge in [-0.05, 0) is 25.5 Å². The number of aromatic nitrogens is 4. The van der Waals surface area contributed by atoms with Gasteiger partial charge in [0, 0.05) is 56.0 Å². The van der Waals surface area contributed by atoms with Gasteiger partial charge in [0.25, 0.3) is 0 Å². The number of amides is 1. The van der Waals surface area contributed by atoms with E-state index in [4.69, 9.17) is 4.52 Å². The Bertz CT molecular complexity index is 992. The van der Waals surface area contributed by atoms with E-state index >= 15 is 0 Å². The number of nitrogens with zero attached hydrogens (tertiary/aromatic N) is 5. The Kier molecular flexibility index (Phi) is 5.01. The molecule has 4 heterocycles. The van der Waals surface area contributed by atoms with Gasteiger partial charge in [-0.25, -0.2) is 4.68 Å². The highest BCUT2D eigenvalue weighted by atomic mass is 16.5. The van der Waals surface area contributed by atoms with Crippen molar-refractivity contribution >= 4 is 17.5 Å². The zero-order chi connectivity index (χ0) is 19.5. The molecular weight excluding hydrogens is 358 g/mol. The highest BCUT2D eigenvalue weighted by Crippen LogP contribution is 2.23. The van der Waals surface area contributed by atoms with Crippen LogP contribution < -0.4 is 4.90 Å². The second-order valence-electron chi connectivity index (χ2n) is 6.90. The number of aryl methyl sites for hydroxylation is 2. The third-order valence-electron chi connectivity index (χ3n) is 4.73. The van der Waals surface area contributed by atoms with E-state index in [0.717, 1.165) is 30.0 Å². The van der Waals surface area contributed by atoms with Crippen LogP contribution in [-0.2, 0) is 22.6 Å². The van der Waals surface area contributed by atoms with Gasteiger partial charge in [-0.1, -0.05) is 5.16 Å². The van der Waals surface area contributed by atoms with Crippen LogP contribution in [0.4, 0.5) is 5.82 Å². The van der Waals surface area contributed by atoms with E-state index in [1.165, 1.54) is 0 Å². The lowest BCUT2D eigenvalue weighted by molar-refractivity contribution is -0.124. The highest BCUT2D eigenvalue weighted by molar-refractivity contribution is 5.95. The molecule has 0 saturated heterocycles. The fourth-order valence-corrected chi connectivity index (χ4v) is 3.38. The molecule has 0 aromatic carbocycles. The summed E-state index contributed by atoms with van der Waals surface area (Å²) in [5, 5.41) is 8.39. The van der Waals surface area contributed by atoms with E-state index in [9.17, 15) is 9.59 Å². The van der Waals surface area contributed by atoms with Gasteiger partial charge >= 0.3 is 0 Å². The minimum absolute atomic E-state index is 0.0486. The van der Waals surface area contributed by atoms with Gasteiger partial charge in [-0.15, -0.1) is 0 Å². The number of hydrogen-bond acceptors (Lipinski definition) is 6. The van der Waals surface area contributed by atoms with E-state index in [1.54, 1.807) is 23.4 Å². The Balaban J connectivity index is 1.33. The topological polar surface area (TPSA) is 94.1 Å². The molecule has 0 N–H and O–H groups in total. The van der Waals surface area contributed by atoms with Crippen LogP contribution >= 0.6 is 0 Å². The van der Waals surface area contributed by atoms with Crippen molar-refractivity contribution in [2.75, 3.05) is 11.4 Å². The molecule has 1 amide bonds. The van der Waals surface area contributed by atoms with Crippen molar-refractivity contribution in [3.05, 3.63) is 48.1 Å². The number of ketones is 1. The van der Waals surface area contributed by atoms with Crippen LogP contribution in [0.1, 0.15) is 30.7 Å². The molecule has 0 saturated carbocycles. The first-order valence-electron chi connectivity index (χ1n) is 9.32. The monoisotopic (exact) mass is 379 g/mol. The molecule has 0 spiro atoms. The normalized spacial score (nSPS) is 13.4. The van der Waals surface area contributed by atoms with Gasteiger partial charge in [0.15, 0.2) is 0 Å². The van der Waals surface area contributed by atoms with Crippen LogP contribution in [-0.4, -0.2) is 38.2 Å². The lowest BCUT2D eigenvalue weighted by Gasteiger charge is -2.27. The van der Waals surface area contributed by atoms with Crippen molar-refractivity contribution < 1.29 is 14.1 Å². The minimum Gasteiger partial charge on any atom is -0.360 e. The van der Waals surface area contributed by atoms with E-state index in [1.807, 2.05) is 29.8 Å². The average Bonchev–Trinajstić information content (AvgIpc) is 3.32. The van der Waals surface area contributed by atoms with Gasteiger partial charge in [0.05, 0.1) is 12.1 Å². The van der Waals surface area contributed by atoms with Crippen LogP contribution in [0.5, 0.6) is 0 Å². The van der Waals surface area contributed by atoms with Gasteiger partial charge in [-0.3, -0.25) is 19.5 Å². The molecule has 8 heteroatoms. The molecule has 3 aromatic heterocycles. The van der Waals surface area contributed by atoms with E-state index in [0.29, 0.717) is 18.0 Å². The summed E-state index contributed by atoms with van der Waals surface area (Å²) in [4.78, 5) is 30.6. The second-order valence-corrected chi connectivity index (χ2v) is 6.90. The molecule has 1 aliphatic rings. The maximum absolute atomic E-state index is 12.6. The number of carbonyl (C=O) groups excluding carboxylic acids is 2. The number of carbonyl (C=O) groups is 2. The summed E-state index contributed by atoms with van der Waals surface area (Å²) in [6.07, 6.45) is 4.69. The first-order valence-corrected chi connectivity index (χ1v) is 9.32. The summed E-state index contributed by atoms with van der Waals surface area (Å²) < 4.78 is 7.12. The van der Waals surface area contributed by atoms with Crippen LogP contribution in [0, 0.1) is 6.92 Å². The molecule has 3 aromatic rings. The fourth-order valence-electron chi connectivity index (χ4n) is 3.38. The molecule has 4 rings (SSSR count). The Morgan fingerprint density at radius 2 is 1.96 bits per heavy atom. The van der Waals surface area contributed by atoms with Crippen LogP contribution in [0.2, 0.25) is 0 Å². The molecule has 144 valence electrons. The maximum Gasteiger partial charge on any atom is 0.228 e. The van der Waals surface area contributed by atoms with Crippen LogP contribution in [0.3, 0.4) is 0 Å². The summed E-state index contributed by atoms with van der Waals surface area (Å²) in [6, 6.07) is 7.31. The van der Waals surface area contributed by atoms with E-state index in [2.05, 4.69) is 15.2 Å². The van der Waals surface area contributed by atoms with Crippen molar-refractivity contribution in [1.29, 1.82) is 0 Å². The number of anilines is 1. The van der Waals surface area contributed by atoms with E-state index in [-0.39, 0.29) is 31.0 Å². The first-order chi connectivity index (χ1) is 13.6. The Labute approximate surface area is 162 Å². The van der Waals surface area contributed by atoms with Crippen LogP contribution in [0.25, 0.3) is 11.3 Å². The Hall–Kier alpha value is -3.29. The molecule has 0 atom stereocenters. The van der Waals surface area contributed by atoms with Crippen molar-refractivity contribution in [3.63, 3.8) is 0 Å². The number of hydrogen-bond donors (Lipinski definition) is 0. The maximum atomic E-state index is 12.6. The average molecular weight is 379 g/mol. The minimum atomic E-state index is -0.0516. The van der Waals surface area contributed by atoms with Gasteiger partial charge in [0.1, 0.15) is 23.1 Å². The third kappa shape index (κ3) is 3.85. The van der Waals surface area contributed by atoms with E-state index < -0.39 is 0 Å². The predicted molar refractivity (Wildman–Crippen MR) is 102 cm³/mol. The first kappa shape index (κ1) is 18.1. The molecule has 0 bridgehead atoms. The standard InChI is InChI=1S/C20H21N5O3/c1-14-11-19-24(9-2-10-25(19)22-14)20(27)4-3-16(26)12-17-13-18(23-28-17)15-5-7-21-8-6-15/h5-8,11,13H,2-4,9-10,12H2,1H3. The molecule has 0 aliphatic carbocycles. The lowest BCUT2D eigenvalue weighted by atomic mass is 10.1. The third-order valence-corrected chi connectivity index (χ3v) is 4.73. The Morgan fingerprint density at radius 1 is 1.14 bits per heavy atom. The molecule has 0 radical (unpaired) electrons. The fraction of sp³-hybridized carbons (Fsp3) is 0.350. The zero-order valence-corrected chi connectivity index (χ0v) is 15.7. The summed E-state index contributed by atoms with van der Waals surface area (Å²) in [5.41, 5.74) is 2.43. The number of pyridine rings is 1. The summed E-state index contributed by atoms with van der Waals surface area (Å²) in [5.74, 6) is 1.21. The van der Waals surface area contributed by atoms with Gasteiger partial charge < -0.3 is 4.52 Å². The van der Waals surface area contributed by atoms with Crippen molar-refractivity contribution in [2.45, 2.75) is 39.2 Å². The Morgan fingerprint density at radius 3 is 2.79 bits per heavy atom. The largest absolute Gasteiger partial charge is 0.360 e. The number of rotatable bonds is 6. The zero-order valence-electron chi connectivity index (χ0n) is 15.7. The molecule has 0 unspecified atom stereocenters. The summed E-state index contributed by atoms with van der Waals surface area (Å²) >= 11 is 0. The van der Waals surface area contributed by atoms with Gasteiger partial charge in [-0.2, -0.15) is 5.10 Å². The SMILES string of the molecule is Cc1cc2n(n1)CCCN2C(=O)CCC(=O)Cc1cc(-c2ccncc2)no1.